The van der Waals surface area contributed by atoms with E-state index in [-0.39, 0.29) is 0 Å². The van der Waals surface area contributed by atoms with Crippen LogP contribution in [0, 0.1) is 0 Å². The minimum absolute atomic E-state index is 0.594. The van der Waals surface area contributed by atoms with Crippen LogP contribution in [0.15, 0.2) is 180 Å². The maximum atomic E-state index is 6.33. The van der Waals surface area contributed by atoms with Gasteiger partial charge in [0.25, 0.3) is 0 Å². The number of nitrogens with zero attached hydrogens (tertiary/aromatic N) is 3. The molecule has 4 heteroatoms. The number of furan rings is 1. The van der Waals surface area contributed by atoms with Gasteiger partial charge in [-0.15, -0.1) is 0 Å². The Bertz CT molecular complexity index is 2650. The van der Waals surface area contributed by atoms with E-state index in [9.17, 15) is 0 Å². The molecule has 1 aliphatic carbocycles. The number of benzene rings is 7. The van der Waals surface area contributed by atoms with Gasteiger partial charge in [0.1, 0.15) is 16.6 Å². The SMILES string of the molecule is c1ccc(-c2ccc(-c3nc(-c4ccc5c(c4)oc4ccccc45)nc(C4(c5ccccc5)c5ccccc5-c5ccccc54)n3)cc2)cc1. The molecule has 1 aliphatic rings. The maximum Gasteiger partial charge on any atom is 0.163 e. The van der Waals surface area contributed by atoms with Gasteiger partial charge in [-0.05, 0) is 57.1 Å². The maximum absolute atomic E-state index is 6.33. The number of fused-ring (bicyclic) bond motifs is 6. The first-order valence-corrected chi connectivity index (χ1v) is 16.9. The molecule has 0 N–H and O–H groups in total. The monoisotopic (exact) mass is 639 g/mol. The number of hydrogen-bond donors (Lipinski definition) is 0. The summed E-state index contributed by atoms with van der Waals surface area (Å²) in [4.78, 5) is 16.0. The summed E-state index contributed by atoms with van der Waals surface area (Å²) in [6.45, 7) is 0. The third-order valence-corrected chi connectivity index (χ3v) is 10.0. The molecule has 50 heavy (non-hydrogen) atoms. The first-order valence-electron chi connectivity index (χ1n) is 16.9. The van der Waals surface area contributed by atoms with Gasteiger partial charge in [0.2, 0.25) is 0 Å². The smallest absolute Gasteiger partial charge is 0.163 e. The molecule has 0 aliphatic heterocycles. The molecule has 7 aromatic carbocycles. The van der Waals surface area contributed by atoms with E-state index >= 15 is 0 Å². The van der Waals surface area contributed by atoms with Crippen molar-refractivity contribution in [1.82, 2.24) is 15.0 Å². The van der Waals surface area contributed by atoms with Crippen molar-refractivity contribution in [3.8, 4) is 45.0 Å². The van der Waals surface area contributed by atoms with Crippen LogP contribution in [-0.2, 0) is 5.41 Å². The van der Waals surface area contributed by atoms with E-state index < -0.39 is 5.41 Å². The number of para-hydroxylation sites is 1. The molecular weight excluding hydrogens is 611 g/mol. The van der Waals surface area contributed by atoms with E-state index in [4.69, 9.17) is 19.4 Å². The Labute approximate surface area is 289 Å². The van der Waals surface area contributed by atoms with Gasteiger partial charge in [-0.25, -0.2) is 15.0 Å². The van der Waals surface area contributed by atoms with Gasteiger partial charge < -0.3 is 4.42 Å². The minimum Gasteiger partial charge on any atom is -0.456 e. The molecule has 0 atom stereocenters. The highest BCUT2D eigenvalue weighted by atomic mass is 16.3. The zero-order valence-electron chi connectivity index (χ0n) is 27.0. The molecule has 0 unspecified atom stereocenters. The predicted octanol–water partition coefficient (Wildman–Crippen LogP) is 11.1. The van der Waals surface area contributed by atoms with Gasteiger partial charge in [0.15, 0.2) is 17.5 Å². The van der Waals surface area contributed by atoms with Gasteiger partial charge in [0.05, 0.1) is 0 Å². The van der Waals surface area contributed by atoms with Gasteiger partial charge in [-0.2, -0.15) is 0 Å². The standard InChI is InChI=1S/C46H29N3O/c1-3-13-30(14-4-1)31-23-25-32(26-24-31)43-47-44(33-27-28-38-37-19-9-12-22-41(37)50-42(38)29-33)49-45(48-43)46(34-15-5-2-6-16-34)39-20-10-7-17-35(39)36-18-8-11-21-40(36)46/h1-29H. The van der Waals surface area contributed by atoms with E-state index in [2.05, 4.69) is 152 Å². The summed E-state index contributed by atoms with van der Waals surface area (Å²) in [6.07, 6.45) is 0. The Morgan fingerprint density at radius 1 is 0.380 bits per heavy atom. The molecular formula is C46H29N3O. The fraction of sp³-hybridized carbons (Fsp3) is 0.0217. The van der Waals surface area contributed by atoms with Crippen molar-refractivity contribution in [2.75, 3.05) is 0 Å². The molecule has 0 amide bonds. The molecule has 234 valence electrons. The summed E-state index contributed by atoms with van der Waals surface area (Å²) in [5.74, 6) is 1.89. The highest BCUT2D eigenvalue weighted by molar-refractivity contribution is 6.05. The normalized spacial score (nSPS) is 13.0. The summed E-state index contributed by atoms with van der Waals surface area (Å²) in [5, 5.41) is 2.15. The summed E-state index contributed by atoms with van der Waals surface area (Å²) in [6, 6.07) is 61.3. The van der Waals surface area contributed by atoms with Gasteiger partial charge >= 0.3 is 0 Å². The van der Waals surface area contributed by atoms with Gasteiger partial charge in [0, 0.05) is 21.9 Å². The molecule has 2 heterocycles. The first kappa shape index (κ1) is 28.4. The Kier molecular flexibility index (Phi) is 6.36. The van der Waals surface area contributed by atoms with Crippen LogP contribution in [0.2, 0.25) is 0 Å². The van der Waals surface area contributed by atoms with Crippen molar-refractivity contribution in [3.05, 3.63) is 198 Å². The van der Waals surface area contributed by atoms with Crippen molar-refractivity contribution >= 4 is 21.9 Å². The van der Waals surface area contributed by atoms with Crippen molar-refractivity contribution in [3.63, 3.8) is 0 Å². The van der Waals surface area contributed by atoms with E-state index in [1.165, 1.54) is 11.1 Å². The molecule has 9 aromatic rings. The average Bonchev–Trinajstić information content (AvgIpc) is 3.72. The van der Waals surface area contributed by atoms with E-state index in [0.717, 1.165) is 60.9 Å². The molecule has 0 bridgehead atoms. The lowest BCUT2D eigenvalue weighted by molar-refractivity contribution is 0.669. The highest BCUT2D eigenvalue weighted by Crippen LogP contribution is 2.55. The van der Waals surface area contributed by atoms with Crippen molar-refractivity contribution < 1.29 is 4.42 Å². The molecule has 0 spiro atoms. The first-order chi connectivity index (χ1) is 24.8. The highest BCUT2D eigenvalue weighted by Gasteiger charge is 2.48. The lowest BCUT2D eigenvalue weighted by Crippen LogP contribution is -2.31. The summed E-state index contributed by atoms with van der Waals surface area (Å²) < 4.78 is 6.33. The van der Waals surface area contributed by atoms with Crippen LogP contribution in [0.3, 0.4) is 0 Å². The molecule has 0 saturated carbocycles. The Morgan fingerprint density at radius 2 is 0.900 bits per heavy atom. The number of aromatic nitrogens is 3. The minimum atomic E-state index is -0.770. The summed E-state index contributed by atoms with van der Waals surface area (Å²) >= 11 is 0. The quantitative estimate of drug-likeness (QED) is 0.188. The van der Waals surface area contributed by atoms with Crippen LogP contribution in [0.5, 0.6) is 0 Å². The topological polar surface area (TPSA) is 51.8 Å². The molecule has 0 radical (unpaired) electrons. The van der Waals surface area contributed by atoms with Crippen LogP contribution >= 0.6 is 0 Å². The van der Waals surface area contributed by atoms with Crippen LogP contribution in [0.25, 0.3) is 67.0 Å². The second kappa shape index (κ2) is 11.2. The molecule has 4 nitrogen and oxygen atoms in total. The third-order valence-electron chi connectivity index (χ3n) is 10.0. The zero-order valence-corrected chi connectivity index (χ0v) is 27.0. The average molecular weight is 640 g/mol. The summed E-state index contributed by atoms with van der Waals surface area (Å²) in [7, 11) is 0. The largest absolute Gasteiger partial charge is 0.456 e. The van der Waals surface area contributed by atoms with Crippen molar-refractivity contribution in [2.24, 2.45) is 0 Å². The Morgan fingerprint density at radius 3 is 1.62 bits per heavy atom. The van der Waals surface area contributed by atoms with Crippen molar-refractivity contribution in [2.45, 2.75) is 5.41 Å². The van der Waals surface area contributed by atoms with Gasteiger partial charge in [-0.3, -0.25) is 0 Å². The van der Waals surface area contributed by atoms with Crippen molar-refractivity contribution in [1.29, 1.82) is 0 Å². The number of hydrogen-bond acceptors (Lipinski definition) is 4. The fourth-order valence-electron chi connectivity index (χ4n) is 7.71. The molecule has 0 saturated heterocycles. The van der Waals surface area contributed by atoms with E-state index in [1.54, 1.807) is 0 Å². The predicted molar refractivity (Wildman–Crippen MR) is 201 cm³/mol. The second-order valence-corrected chi connectivity index (χ2v) is 12.8. The lowest BCUT2D eigenvalue weighted by Gasteiger charge is -2.31. The molecule has 2 aromatic heterocycles. The van der Waals surface area contributed by atoms with E-state index in [1.807, 2.05) is 24.3 Å². The van der Waals surface area contributed by atoms with Crippen LogP contribution in [-0.4, -0.2) is 15.0 Å². The second-order valence-electron chi connectivity index (χ2n) is 12.8. The summed E-state index contributed by atoms with van der Waals surface area (Å²) in [5.41, 5.74) is 10.8. The molecule has 0 fully saturated rings. The Hall–Kier alpha value is -6.65. The molecule has 10 rings (SSSR count). The third kappa shape index (κ3) is 4.28. The Balaban J connectivity index is 1.25. The van der Waals surface area contributed by atoms with E-state index in [0.29, 0.717) is 17.5 Å². The zero-order chi connectivity index (χ0) is 33.1. The fourth-order valence-corrected chi connectivity index (χ4v) is 7.71. The van der Waals surface area contributed by atoms with Crippen LogP contribution in [0.1, 0.15) is 22.5 Å². The van der Waals surface area contributed by atoms with Gasteiger partial charge in [-0.1, -0.05) is 158 Å². The van der Waals surface area contributed by atoms with Crippen LogP contribution < -0.4 is 0 Å². The van der Waals surface area contributed by atoms with Crippen LogP contribution in [0.4, 0.5) is 0 Å². The lowest BCUT2D eigenvalue weighted by atomic mass is 9.71. The number of rotatable bonds is 5.